The number of anilines is 1. The highest BCUT2D eigenvalue weighted by Crippen LogP contribution is 2.33. The second-order valence-corrected chi connectivity index (χ2v) is 9.21. The fourth-order valence-electron chi connectivity index (χ4n) is 3.64. The van der Waals surface area contributed by atoms with Crippen molar-refractivity contribution in [3.8, 4) is 5.75 Å². The summed E-state index contributed by atoms with van der Waals surface area (Å²) in [6.45, 7) is 0. The fourth-order valence-corrected chi connectivity index (χ4v) is 4.02. The number of amides is 4. The summed E-state index contributed by atoms with van der Waals surface area (Å²) >= 11 is 3.23. The topological polar surface area (TPSA) is 136 Å². The Morgan fingerprint density at radius 2 is 1.76 bits per heavy atom. The summed E-state index contributed by atoms with van der Waals surface area (Å²) in [6.07, 6.45) is -1.45. The van der Waals surface area contributed by atoms with Crippen LogP contribution in [-0.4, -0.2) is 28.7 Å². The largest absolute Gasteiger partial charge is 0.423 e. The number of hydrogen-bond acceptors (Lipinski definition) is 7. The average Bonchev–Trinajstić information content (AvgIpc) is 2.91. The van der Waals surface area contributed by atoms with Gasteiger partial charge in [-0.3, -0.25) is 25.0 Å². The van der Waals surface area contributed by atoms with Gasteiger partial charge in [0.05, 0.1) is 16.2 Å². The Bertz CT molecular complexity index is 1670. The molecule has 1 N–H and O–H groups in total. The van der Waals surface area contributed by atoms with E-state index < -0.39 is 51.7 Å². The van der Waals surface area contributed by atoms with Crippen molar-refractivity contribution in [2.24, 2.45) is 0 Å². The SMILES string of the molecule is O=C(/C=C/c1cccc([N+](=O)[O-])c1)Oc1ccc(Br)cc1/C=C1/C(=O)NC(=O)N(c2cccc(C(F)(F)F)c2)C1=O. The lowest BCUT2D eigenvalue weighted by atomic mass is 10.1. The summed E-state index contributed by atoms with van der Waals surface area (Å²) in [6, 6.07) is 11.9. The van der Waals surface area contributed by atoms with Gasteiger partial charge in [0.25, 0.3) is 17.5 Å². The number of urea groups is 1. The number of alkyl halides is 3. The van der Waals surface area contributed by atoms with Gasteiger partial charge in [-0.25, -0.2) is 14.5 Å². The number of carbonyl (C=O) groups is 4. The fraction of sp³-hybridized carbons (Fsp3) is 0.0370. The van der Waals surface area contributed by atoms with E-state index in [9.17, 15) is 42.5 Å². The molecule has 0 atom stereocenters. The number of imide groups is 2. The molecule has 14 heteroatoms. The molecule has 0 bridgehead atoms. The summed E-state index contributed by atoms with van der Waals surface area (Å²) in [5, 5.41) is 12.9. The van der Waals surface area contributed by atoms with Gasteiger partial charge in [0.2, 0.25) is 0 Å². The van der Waals surface area contributed by atoms with Crippen molar-refractivity contribution in [1.82, 2.24) is 5.32 Å². The van der Waals surface area contributed by atoms with Crippen LogP contribution < -0.4 is 15.0 Å². The Morgan fingerprint density at radius 3 is 2.46 bits per heavy atom. The Kier molecular flexibility index (Phi) is 8.14. The van der Waals surface area contributed by atoms with Crippen LogP contribution in [0.5, 0.6) is 5.75 Å². The molecular formula is C27H15BrF3N3O7. The molecule has 4 amide bonds. The van der Waals surface area contributed by atoms with E-state index in [2.05, 4.69) is 15.9 Å². The molecule has 1 heterocycles. The van der Waals surface area contributed by atoms with Gasteiger partial charge >= 0.3 is 18.2 Å². The van der Waals surface area contributed by atoms with E-state index in [1.807, 2.05) is 5.32 Å². The smallest absolute Gasteiger partial charge is 0.416 e. The van der Waals surface area contributed by atoms with Gasteiger partial charge in [-0.2, -0.15) is 13.2 Å². The van der Waals surface area contributed by atoms with Gasteiger partial charge in [-0.1, -0.05) is 34.1 Å². The molecule has 0 aromatic heterocycles. The van der Waals surface area contributed by atoms with Gasteiger partial charge in [0.15, 0.2) is 0 Å². The van der Waals surface area contributed by atoms with Crippen LogP contribution in [0.15, 0.2) is 82.9 Å². The predicted molar refractivity (Wildman–Crippen MR) is 142 cm³/mol. The summed E-state index contributed by atoms with van der Waals surface area (Å²) in [5.74, 6) is -3.34. The van der Waals surface area contributed by atoms with Crippen molar-refractivity contribution >= 4 is 63.3 Å². The first-order valence-corrected chi connectivity index (χ1v) is 12.2. The van der Waals surface area contributed by atoms with Gasteiger partial charge < -0.3 is 4.74 Å². The number of benzene rings is 3. The minimum Gasteiger partial charge on any atom is -0.423 e. The zero-order chi connectivity index (χ0) is 29.9. The van der Waals surface area contributed by atoms with Crippen LogP contribution in [0.25, 0.3) is 12.2 Å². The third-order valence-electron chi connectivity index (χ3n) is 5.51. The molecule has 0 unspecified atom stereocenters. The number of barbiturate groups is 1. The number of halogens is 4. The summed E-state index contributed by atoms with van der Waals surface area (Å²) in [7, 11) is 0. The van der Waals surface area contributed by atoms with Crippen molar-refractivity contribution in [1.29, 1.82) is 0 Å². The molecule has 0 saturated carbocycles. The Hall–Kier alpha value is -5.11. The molecule has 0 radical (unpaired) electrons. The molecule has 10 nitrogen and oxygen atoms in total. The highest BCUT2D eigenvalue weighted by Gasteiger charge is 2.38. The first kappa shape index (κ1) is 28.9. The maximum atomic E-state index is 13.2. The third kappa shape index (κ3) is 6.73. The number of rotatable bonds is 6. The molecule has 1 saturated heterocycles. The lowest BCUT2D eigenvalue weighted by Gasteiger charge is -2.27. The first-order chi connectivity index (χ1) is 19.3. The Morgan fingerprint density at radius 1 is 1.02 bits per heavy atom. The highest BCUT2D eigenvalue weighted by atomic mass is 79.9. The Labute approximate surface area is 237 Å². The molecule has 41 heavy (non-hydrogen) atoms. The normalized spacial score (nSPS) is 14.9. The number of hydrogen-bond donors (Lipinski definition) is 1. The van der Waals surface area contributed by atoms with Crippen LogP contribution in [0, 0.1) is 10.1 Å². The monoisotopic (exact) mass is 629 g/mol. The zero-order valence-electron chi connectivity index (χ0n) is 20.3. The molecule has 0 spiro atoms. The standard InChI is InChI=1S/C27H15BrF3N3O7/c28-18-8-9-22(41-23(35)10-7-15-3-1-6-20(11-15)34(39)40)16(12-18)13-21-24(36)32-26(38)33(25(21)37)19-5-2-4-17(14-19)27(29,30)31/h1-14H,(H,32,36,38)/b10-7+,21-13-. The summed E-state index contributed by atoms with van der Waals surface area (Å²) in [5.41, 5.74) is -1.96. The number of carbonyl (C=O) groups excluding carboxylic acids is 4. The van der Waals surface area contributed by atoms with Crippen LogP contribution >= 0.6 is 15.9 Å². The van der Waals surface area contributed by atoms with Crippen LogP contribution in [0.2, 0.25) is 0 Å². The van der Waals surface area contributed by atoms with E-state index in [1.165, 1.54) is 48.5 Å². The van der Waals surface area contributed by atoms with E-state index in [1.54, 1.807) is 0 Å². The highest BCUT2D eigenvalue weighted by molar-refractivity contribution is 9.10. The van der Waals surface area contributed by atoms with Gasteiger partial charge in [0, 0.05) is 28.2 Å². The van der Waals surface area contributed by atoms with Gasteiger partial charge in [-0.05, 0) is 54.1 Å². The number of nitro benzene ring substituents is 1. The number of non-ortho nitro benzene ring substituents is 1. The lowest BCUT2D eigenvalue weighted by molar-refractivity contribution is -0.384. The second-order valence-electron chi connectivity index (χ2n) is 8.29. The maximum Gasteiger partial charge on any atom is 0.416 e. The molecule has 1 fully saturated rings. The maximum absolute atomic E-state index is 13.2. The van der Waals surface area contributed by atoms with Gasteiger partial charge in [0.1, 0.15) is 11.3 Å². The van der Waals surface area contributed by atoms with E-state index in [-0.39, 0.29) is 17.0 Å². The predicted octanol–water partition coefficient (Wildman–Crippen LogP) is 5.66. The van der Waals surface area contributed by atoms with Crippen LogP contribution in [0.3, 0.4) is 0 Å². The molecule has 208 valence electrons. The average molecular weight is 630 g/mol. The number of nitrogens with zero attached hydrogens (tertiary/aromatic N) is 2. The molecule has 3 aromatic carbocycles. The van der Waals surface area contributed by atoms with Crippen molar-refractivity contribution in [2.75, 3.05) is 4.90 Å². The van der Waals surface area contributed by atoms with Crippen molar-refractivity contribution in [3.63, 3.8) is 0 Å². The molecule has 3 aromatic rings. The van der Waals surface area contributed by atoms with E-state index in [0.717, 1.165) is 30.4 Å². The number of ether oxygens (including phenoxy) is 1. The van der Waals surface area contributed by atoms with Crippen LogP contribution in [0.1, 0.15) is 16.7 Å². The quantitative estimate of drug-likeness (QED) is 0.0927. The molecule has 4 rings (SSSR count). The van der Waals surface area contributed by atoms with Crippen LogP contribution in [-0.2, 0) is 20.6 Å². The number of nitro groups is 1. The molecular weight excluding hydrogens is 615 g/mol. The van der Waals surface area contributed by atoms with E-state index in [4.69, 9.17) is 4.74 Å². The molecule has 1 aliphatic rings. The number of nitrogens with one attached hydrogen (secondary N) is 1. The minimum atomic E-state index is -4.75. The number of esters is 1. The van der Waals surface area contributed by atoms with Crippen LogP contribution in [0.4, 0.5) is 29.3 Å². The van der Waals surface area contributed by atoms with E-state index >= 15 is 0 Å². The van der Waals surface area contributed by atoms with Crippen molar-refractivity contribution < 1.29 is 42.0 Å². The second kappa shape index (κ2) is 11.6. The van der Waals surface area contributed by atoms with E-state index in [0.29, 0.717) is 21.0 Å². The molecule has 0 aliphatic carbocycles. The Balaban J connectivity index is 1.64. The van der Waals surface area contributed by atoms with Crippen molar-refractivity contribution in [3.05, 3.63) is 110 Å². The third-order valence-corrected chi connectivity index (χ3v) is 6.00. The summed E-state index contributed by atoms with van der Waals surface area (Å²) in [4.78, 5) is 61.4. The first-order valence-electron chi connectivity index (χ1n) is 11.4. The molecule has 1 aliphatic heterocycles. The lowest BCUT2D eigenvalue weighted by Crippen LogP contribution is -2.54. The van der Waals surface area contributed by atoms with Crippen molar-refractivity contribution in [2.45, 2.75) is 6.18 Å². The van der Waals surface area contributed by atoms with Gasteiger partial charge in [-0.15, -0.1) is 0 Å². The zero-order valence-corrected chi connectivity index (χ0v) is 21.9. The minimum absolute atomic E-state index is 0.0355. The summed E-state index contributed by atoms with van der Waals surface area (Å²) < 4.78 is 45.4.